The summed E-state index contributed by atoms with van der Waals surface area (Å²) in [6.45, 7) is 0. The van der Waals surface area contributed by atoms with Crippen molar-refractivity contribution in [3.8, 4) is 11.5 Å². The lowest BCUT2D eigenvalue weighted by Gasteiger charge is -2.35. The zero-order chi connectivity index (χ0) is 20.1. The first-order valence-corrected chi connectivity index (χ1v) is 10.0. The summed E-state index contributed by atoms with van der Waals surface area (Å²) in [5.74, 6) is 0.373. The van der Waals surface area contributed by atoms with Crippen LogP contribution >= 0.6 is 23.2 Å². The van der Waals surface area contributed by atoms with Gasteiger partial charge in [0.25, 0.3) is 0 Å². The number of aromatic hydroxyl groups is 2. The molecule has 1 aliphatic rings. The Morgan fingerprint density at radius 2 is 1.00 bits per heavy atom. The molecule has 144 valence electrons. The van der Waals surface area contributed by atoms with Crippen LogP contribution in [0.3, 0.4) is 0 Å². The Bertz CT molecular complexity index is 1130. The van der Waals surface area contributed by atoms with E-state index in [0.29, 0.717) is 10.0 Å². The second-order valence-electron chi connectivity index (χ2n) is 7.23. The number of benzene rings is 4. The minimum absolute atomic E-state index is 0.186. The van der Waals surface area contributed by atoms with Crippen LogP contribution < -0.4 is 5.32 Å². The predicted octanol–water partition coefficient (Wildman–Crippen LogP) is 6.34. The van der Waals surface area contributed by atoms with Gasteiger partial charge in [-0.15, -0.1) is 0 Å². The molecule has 0 fully saturated rings. The van der Waals surface area contributed by atoms with E-state index in [1.54, 1.807) is 12.1 Å². The maximum Gasteiger partial charge on any atom is 0.121 e. The molecule has 0 aliphatic carbocycles. The summed E-state index contributed by atoms with van der Waals surface area (Å²) < 4.78 is 0. The topological polar surface area (TPSA) is 52.5 Å². The van der Waals surface area contributed by atoms with E-state index in [4.69, 9.17) is 23.2 Å². The summed E-state index contributed by atoms with van der Waals surface area (Å²) in [5.41, 5.74) is 3.46. The Morgan fingerprint density at radius 3 is 1.41 bits per heavy atom. The van der Waals surface area contributed by atoms with Gasteiger partial charge < -0.3 is 10.2 Å². The summed E-state index contributed by atoms with van der Waals surface area (Å²) >= 11 is 12.2. The van der Waals surface area contributed by atoms with Crippen molar-refractivity contribution in [1.29, 1.82) is 0 Å². The first-order valence-electron chi connectivity index (χ1n) is 9.27. The second kappa shape index (κ2) is 6.96. The van der Waals surface area contributed by atoms with Crippen LogP contribution in [0.4, 0.5) is 0 Å². The average Bonchev–Trinajstić information content (AvgIpc) is 2.73. The molecule has 2 unspecified atom stereocenters. The van der Waals surface area contributed by atoms with Gasteiger partial charge in [0.05, 0.1) is 12.1 Å². The third kappa shape index (κ3) is 3.03. The van der Waals surface area contributed by atoms with Crippen molar-refractivity contribution >= 4 is 34.0 Å². The molecule has 0 saturated heterocycles. The standard InChI is InChI=1S/C24H17Cl2NO2/c25-16-7-1-14(2-8-16)23-21-18(28)11-5-13-6-12-19(29)22(20(13)21)24(27-23)15-3-9-17(26)10-4-15/h1-12,23-24,27-29H. The fourth-order valence-electron chi connectivity index (χ4n) is 4.21. The Hall–Kier alpha value is -2.72. The number of halogens is 2. The van der Waals surface area contributed by atoms with Crippen molar-refractivity contribution in [2.24, 2.45) is 0 Å². The lowest BCUT2D eigenvalue weighted by atomic mass is 9.81. The SMILES string of the molecule is Oc1ccc2ccc(O)c3c2c1C(c1ccc(Cl)cc1)NC3c1ccc(Cl)cc1. The van der Waals surface area contributed by atoms with Crippen molar-refractivity contribution in [2.45, 2.75) is 12.1 Å². The molecule has 1 aliphatic heterocycles. The molecule has 5 rings (SSSR count). The minimum atomic E-state index is -0.272. The van der Waals surface area contributed by atoms with Crippen molar-refractivity contribution in [1.82, 2.24) is 5.32 Å². The number of rotatable bonds is 2. The first kappa shape index (κ1) is 18.3. The zero-order valence-electron chi connectivity index (χ0n) is 15.2. The van der Waals surface area contributed by atoms with Crippen LogP contribution in [0.25, 0.3) is 10.8 Å². The van der Waals surface area contributed by atoms with E-state index in [2.05, 4.69) is 5.32 Å². The summed E-state index contributed by atoms with van der Waals surface area (Å²) in [4.78, 5) is 0. The Morgan fingerprint density at radius 1 is 0.586 bits per heavy atom. The number of phenolic OH excluding ortho intramolecular Hbond substituents is 2. The third-order valence-electron chi connectivity index (χ3n) is 5.54. The van der Waals surface area contributed by atoms with Gasteiger partial charge in [-0.2, -0.15) is 0 Å². The number of hydrogen-bond donors (Lipinski definition) is 3. The Labute approximate surface area is 178 Å². The Balaban J connectivity index is 1.82. The molecule has 4 aromatic carbocycles. The summed E-state index contributed by atoms with van der Waals surface area (Å²) in [7, 11) is 0. The van der Waals surface area contributed by atoms with Crippen molar-refractivity contribution in [3.63, 3.8) is 0 Å². The maximum atomic E-state index is 10.8. The van der Waals surface area contributed by atoms with Gasteiger partial charge in [0.1, 0.15) is 11.5 Å². The number of nitrogens with one attached hydrogen (secondary N) is 1. The number of hydrogen-bond acceptors (Lipinski definition) is 3. The van der Waals surface area contributed by atoms with Crippen molar-refractivity contribution < 1.29 is 10.2 Å². The van der Waals surface area contributed by atoms with Gasteiger partial charge in [-0.25, -0.2) is 0 Å². The highest BCUT2D eigenvalue weighted by Crippen LogP contribution is 2.48. The van der Waals surface area contributed by atoms with E-state index in [1.165, 1.54) is 0 Å². The molecule has 0 amide bonds. The molecule has 0 radical (unpaired) electrons. The molecule has 5 heteroatoms. The lowest BCUT2D eigenvalue weighted by molar-refractivity contribution is 0.433. The van der Waals surface area contributed by atoms with Crippen LogP contribution in [-0.4, -0.2) is 10.2 Å². The van der Waals surface area contributed by atoms with Crippen LogP contribution in [0, 0.1) is 0 Å². The molecule has 3 N–H and O–H groups in total. The Kier molecular flexibility index (Phi) is 4.39. The third-order valence-corrected chi connectivity index (χ3v) is 6.04. The van der Waals surface area contributed by atoms with Gasteiger partial charge >= 0.3 is 0 Å². The fraction of sp³-hybridized carbons (Fsp3) is 0.0833. The monoisotopic (exact) mass is 421 g/mol. The van der Waals surface area contributed by atoms with Crippen LogP contribution in [0.2, 0.25) is 10.0 Å². The smallest absolute Gasteiger partial charge is 0.121 e. The fourth-order valence-corrected chi connectivity index (χ4v) is 4.46. The zero-order valence-corrected chi connectivity index (χ0v) is 16.7. The largest absolute Gasteiger partial charge is 0.508 e. The molecule has 1 heterocycles. The van der Waals surface area contributed by atoms with E-state index < -0.39 is 0 Å². The normalized spacial score (nSPS) is 18.1. The van der Waals surface area contributed by atoms with Gasteiger partial charge in [0.15, 0.2) is 0 Å². The average molecular weight is 422 g/mol. The second-order valence-corrected chi connectivity index (χ2v) is 8.10. The molecule has 0 bridgehead atoms. The summed E-state index contributed by atoms with van der Waals surface area (Å²) in [5, 5.41) is 28.3. The van der Waals surface area contributed by atoms with Gasteiger partial charge in [0.2, 0.25) is 0 Å². The predicted molar refractivity (Wildman–Crippen MR) is 117 cm³/mol. The summed E-state index contributed by atoms with van der Waals surface area (Å²) in [6, 6.07) is 21.8. The summed E-state index contributed by atoms with van der Waals surface area (Å²) in [6.07, 6.45) is 0. The van der Waals surface area contributed by atoms with E-state index >= 15 is 0 Å². The molecule has 29 heavy (non-hydrogen) atoms. The first-order chi connectivity index (χ1) is 14.0. The quantitative estimate of drug-likeness (QED) is 0.353. The maximum absolute atomic E-state index is 10.8. The molecule has 4 aromatic rings. The van der Waals surface area contributed by atoms with E-state index in [9.17, 15) is 10.2 Å². The highest BCUT2D eigenvalue weighted by molar-refractivity contribution is 6.30. The lowest BCUT2D eigenvalue weighted by Crippen LogP contribution is -2.32. The number of phenols is 2. The van der Waals surface area contributed by atoms with Crippen LogP contribution in [0.15, 0.2) is 72.8 Å². The molecule has 0 spiro atoms. The van der Waals surface area contributed by atoms with E-state index in [-0.39, 0.29) is 23.6 Å². The van der Waals surface area contributed by atoms with Crippen LogP contribution in [0.5, 0.6) is 11.5 Å². The molecule has 0 aromatic heterocycles. The molecule has 2 atom stereocenters. The van der Waals surface area contributed by atoms with Crippen molar-refractivity contribution in [2.75, 3.05) is 0 Å². The van der Waals surface area contributed by atoms with Gasteiger partial charge in [-0.05, 0) is 58.3 Å². The van der Waals surface area contributed by atoms with Gasteiger partial charge in [-0.1, -0.05) is 59.6 Å². The highest BCUT2D eigenvalue weighted by atomic mass is 35.5. The van der Waals surface area contributed by atoms with E-state index in [1.807, 2.05) is 60.7 Å². The molecular weight excluding hydrogens is 405 g/mol. The molecular formula is C24H17Cl2NO2. The van der Waals surface area contributed by atoms with Crippen LogP contribution in [0.1, 0.15) is 34.3 Å². The van der Waals surface area contributed by atoms with Crippen LogP contribution in [-0.2, 0) is 0 Å². The molecule has 0 saturated carbocycles. The van der Waals surface area contributed by atoms with Gasteiger partial charge in [-0.3, -0.25) is 5.32 Å². The van der Waals surface area contributed by atoms with E-state index in [0.717, 1.165) is 33.0 Å². The van der Waals surface area contributed by atoms with Crippen molar-refractivity contribution in [3.05, 3.63) is 105 Å². The minimum Gasteiger partial charge on any atom is -0.508 e. The van der Waals surface area contributed by atoms with Gasteiger partial charge in [0, 0.05) is 21.2 Å². The molecule has 3 nitrogen and oxygen atoms in total. The highest BCUT2D eigenvalue weighted by Gasteiger charge is 2.34.